The highest BCUT2D eigenvalue weighted by Gasteiger charge is 2.30. The van der Waals surface area contributed by atoms with Gasteiger partial charge < -0.3 is 5.11 Å². The van der Waals surface area contributed by atoms with E-state index in [1.165, 1.54) is 0 Å². The molecule has 1 amide bonds. The second-order valence-electron chi connectivity index (χ2n) is 4.18. The zero-order valence-electron chi connectivity index (χ0n) is 10.7. The van der Waals surface area contributed by atoms with Gasteiger partial charge in [0, 0.05) is 0 Å². The molecule has 1 aliphatic heterocycles. The van der Waals surface area contributed by atoms with E-state index < -0.39 is 58.7 Å². The topological polar surface area (TPSA) is 188 Å². The molecule has 0 unspecified atom stereocenters. The quantitative estimate of drug-likeness (QED) is 0.617. The number of carbonyl (C=O) groups is 2. The Kier molecular flexibility index (Phi) is 3.90. The van der Waals surface area contributed by atoms with Crippen LogP contribution in [0.1, 0.15) is 5.56 Å². The molecule has 1 aromatic rings. The molecule has 0 saturated carbocycles. The Hall–Kier alpha value is -2.48. The summed E-state index contributed by atoms with van der Waals surface area (Å²) in [6.45, 7) is 0. The fraction of sp³-hybridized carbons (Fsp3) is 0. The number of nitrogens with zero attached hydrogens (tertiary/aromatic N) is 2. The van der Waals surface area contributed by atoms with Crippen molar-refractivity contribution in [2.45, 2.75) is 9.79 Å². The van der Waals surface area contributed by atoms with E-state index >= 15 is 0 Å². The molecule has 0 saturated heterocycles. The molecule has 2 rings (SSSR count). The zero-order chi connectivity index (χ0) is 17.6. The van der Waals surface area contributed by atoms with Gasteiger partial charge in [-0.3, -0.25) is 13.9 Å². The van der Waals surface area contributed by atoms with Crippen molar-refractivity contribution in [1.82, 2.24) is 0 Å². The van der Waals surface area contributed by atoms with Gasteiger partial charge in [-0.2, -0.15) is 16.8 Å². The first-order valence-electron chi connectivity index (χ1n) is 5.45. The summed E-state index contributed by atoms with van der Waals surface area (Å²) >= 11 is 0. The van der Waals surface area contributed by atoms with Gasteiger partial charge in [0.25, 0.3) is 26.1 Å². The molecule has 0 spiro atoms. The molecule has 122 valence electrons. The minimum atomic E-state index is -4.91. The van der Waals surface area contributed by atoms with E-state index in [0.717, 1.165) is 0 Å². The summed E-state index contributed by atoms with van der Waals surface area (Å²) in [5.74, 6) is -2.82. The second kappa shape index (κ2) is 5.31. The molecule has 11 nitrogen and oxygen atoms in total. The predicted molar refractivity (Wildman–Crippen MR) is 70.5 cm³/mol. The van der Waals surface area contributed by atoms with Crippen LogP contribution < -0.4 is 0 Å². The van der Waals surface area contributed by atoms with Gasteiger partial charge in [0.2, 0.25) is 0 Å². The molecule has 3 N–H and O–H groups in total. The van der Waals surface area contributed by atoms with Gasteiger partial charge in [-0.25, -0.2) is 4.79 Å². The van der Waals surface area contributed by atoms with Crippen LogP contribution in [0.25, 0.3) is 5.57 Å². The Morgan fingerprint density at radius 1 is 0.913 bits per heavy atom. The third-order valence-electron chi connectivity index (χ3n) is 2.66. The monoisotopic (exact) mass is 362 g/mol. The van der Waals surface area contributed by atoms with Gasteiger partial charge in [0.15, 0.2) is 5.70 Å². The van der Waals surface area contributed by atoms with E-state index in [4.69, 9.17) is 14.2 Å². The Labute approximate surface area is 128 Å². The van der Waals surface area contributed by atoms with E-state index in [1.807, 2.05) is 0 Å². The first-order chi connectivity index (χ1) is 10.4. The first-order valence-corrected chi connectivity index (χ1v) is 8.33. The average molecular weight is 362 g/mol. The highest BCUT2D eigenvalue weighted by molar-refractivity contribution is 7.86. The number of carboxylic acid groups (broad SMARTS) is 1. The lowest BCUT2D eigenvalue weighted by Crippen LogP contribution is -2.08. The number of carbonyl (C=O) groups excluding carboxylic acids is 1. The van der Waals surface area contributed by atoms with E-state index in [2.05, 4.69) is 10.2 Å². The standard InChI is InChI=1S/C10H6N2O9S2/c13-9-7(8(10(14)15)11-12-9)4-1-5(22(16,17)18)3-6(2-4)23(19,20)21/h1-3H,(H,14,15)(H,16,17,18)(H,19,20,21). The fourth-order valence-electron chi connectivity index (χ4n) is 1.72. The molecule has 23 heavy (non-hydrogen) atoms. The second-order valence-corrected chi connectivity index (χ2v) is 7.02. The van der Waals surface area contributed by atoms with Crippen molar-refractivity contribution in [3.63, 3.8) is 0 Å². The molecule has 0 atom stereocenters. The van der Waals surface area contributed by atoms with Gasteiger partial charge in [-0.1, -0.05) is 0 Å². The van der Waals surface area contributed by atoms with Crippen molar-refractivity contribution < 1.29 is 40.6 Å². The highest BCUT2D eigenvalue weighted by atomic mass is 32.2. The minimum absolute atomic E-state index is 0.433. The molecular weight excluding hydrogens is 356 g/mol. The van der Waals surface area contributed by atoms with E-state index in [-0.39, 0.29) is 0 Å². The highest BCUT2D eigenvalue weighted by Crippen LogP contribution is 2.30. The minimum Gasteiger partial charge on any atom is -0.476 e. The maximum atomic E-state index is 11.6. The van der Waals surface area contributed by atoms with E-state index in [0.29, 0.717) is 18.2 Å². The molecule has 0 aromatic heterocycles. The van der Waals surface area contributed by atoms with Crippen LogP contribution in [-0.4, -0.2) is 42.9 Å². The number of carboxylic acids is 1. The summed E-state index contributed by atoms with van der Waals surface area (Å²) in [5, 5.41) is 15.0. The molecular formula is C10H6N2O9S2. The largest absolute Gasteiger partial charge is 0.476 e. The molecule has 1 aromatic carbocycles. The molecule has 13 heteroatoms. The molecule has 1 aliphatic rings. The fourth-order valence-corrected chi connectivity index (χ4v) is 2.90. The maximum Gasteiger partial charge on any atom is 0.357 e. The SMILES string of the molecule is O=C(O)C1=C(c2cc(S(=O)(=O)O)cc(S(=O)(=O)O)c2)C(=O)N=N1. The van der Waals surface area contributed by atoms with Gasteiger partial charge in [0.1, 0.15) is 0 Å². The van der Waals surface area contributed by atoms with Gasteiger partial charge in [-0.05, 0) is 23.8 Å². The number of hydrogen-bond donors (Lipinski definition) is 3. The zero-order valence-corrected chi connectivity index (χ0v) is 12.4. The van der Waals surface area contributed by atoms with Gasteiger partial charge in [0.05, 0.1) is 15.4 Å². The van der Waals surface area contributed by atoms with Crippen molar-refractivity contribution in [3.05, 3.63) is 29.5 Å². The Morgan fingerprint density at radius 2 is 1.39 bits per heavy atom. The molecule has 0 radical (unpaired) electrons. The molecule has 1 heterocycles. The predicted octanol–water partition coefficient (Wildman–Crippen LogP) is -0.0319. The average Bonchev–Trinajstić information content (AvgIpc) is 2.78. The Balaban J connectivity index is 2.86. The van der Waals surface area contributed by atoms with E-state index in [1.54, 1.807) is 0 Å². The molecule has 0 bridgehead atoms. The first kappa shape index (κ1) is 16.9. The van der Waals surface area contributed by atoms with Crippen molar-refractivity contribution in [2.24, 2.45) is 10.2 Å². The van der Waals surface area contributed by atoms with Crippen LogP contribution in [0.3, 0.4) is 0 Å². The lowest BCUT2D eigenvalue weighted by Gasteiger charge is -2.07. The summed E-state index contributed by atoms with van der Waals surface area (Å²) in [6, 6.07) is 1.73. The Morgan fingerprint density at radius 3 is 1.78 bits per heavy atom. The lowest BCUT2D eigenvalue weighted by atomic mass is 10.0. The third kappa shape index (κ3) is 3.31. The third-order valence-corrected chi connectivity index (χ3v) is 4.32. The number of aliphatic carboxylic acids is 1. The van der Waals surface area contributed by atoms with Gasteiger partial charge in [-0.15, -0.1) is 10.2 Å². The summed E-state index contributed by atoms with van der Waals surface area (Å²) in [6.07, 6.45) is 0. The van der Waals surface area contributed by atoms with Crippen LogP contribution >= 0.6 is 0 Å². The number of hydrogen-bond acceptors (Lipinski definition) is 7. The van der Waals surface area contributed by atoms with Crippen molar-refractivity contribution in [3.8, 4) is 0 Å². The van der Waals surface area contributed by atoms with Gasteiger partial charge >= 0.3 is 5.97 Å². The summed E-state index contributed by atoms with van der Waals surface area (Å²) in [7, 11) is -9.82. The van der Waals surface area contributed by atoms with Crippen LogP contribution in [-0.2, 0) is 29.8 Å². The molecule has 0 aliphatic carbocycles. The summed E-state index contributed by atoms with van der Waals surface area (Å²) in [4.78, 5) is 20.7. The summed E-state index contributed by atoms with van der Waals surface area (Å²) in [5.41, 5.74) is -2.04. The van der Waals surface area contributed by atoms with E-state index in [9.17, 15) is 26.4 Å². The van der Waals surface area contributed by atoms with Crippen molar-refractivity contribution in [2.75, 3.05) is 0 Å². The van der Waals surface area contributed by atoms with Crippen LogP contribution in [0.4, 0.5) is 0 Å². The van der Waals surface area contributed by atoms with Crippen LogP contribution in [0.2, 0.25) is 0 Å². The molecule has 0 fully saturated rings. The van der Waals surface area contributed by atoms with Crippen molar-refractivity contribution >= 4 is 37.7 Å². The van der Waals surface area contributed by atoms with Crippen molar-refractivity contribution in [1.29, 1.82) is 0 Å². The number of azo groups is 1. The number of benzene rings is 1. The normalized spacial score (nSPS) is 15.3. The Bertz CT molecular complexity index is 953. The number of amides is 1. The summed E-state index contributed by atoms with van der Waals surface area (Å²) < 4.78 is 62.8. The van der Waals surface area contributed by atoms with Crippen LogP contribution in [0, 0.1) is 0 Å². The van der Waals surface area contributed by atoms with Crippen LogP contribution in [0.15, 0.2) is 43.9 Å². The maximum absolute atomic E-state index is 11.6. The smallest absolute Gasteiger partial charge is 0.357 e. The number of rotatable bonds is 4. The van der Waals surface area contributed by atoms with Crippen LogP contribution in [0.5, 0.6) is 0 Å². The lowest BCUT2D eigenvalue weighted by molar-refractivity contribution is -0.132.